The van der Waals surface area contributed by atoms with Crippen molar-refractivity contribution in [3.63, 3.8) is 0 Å². The van der Waals surface area contributed by atoms with E-state index in [4.69, 9.17) is 0 Å². The van der Waals surface area contributed by atoms with Gasteiger partial charge < -0.3 is 15.2 Å². The van der Waals surface area contributed by atoms with Crippen molar-refractivity contribution in [1.29, 1.82) is 0 Å². The topological polar surface area (TPSA) is 54.2 Å². The van der Waals surface area contributed by atoms with Gasteiger partial charge in [0.25, 0.3) is 0 Å². The molecule has 0 fully saturated rings. The van der Waals surface area contributed by atoms with Gasteiger partial charge in [-0.15, -0.1) is 30.6 Å². The van der Waals surface area contributed by atoms with E-state index in [9.17, 15) is 0 Å². The fourth-order valence-electron chi connectivity index (χ4n) is 1.98. The van der Waals surface area contributed by atoms with Crippen molar-refractivity contribution in [1.82, 2.24) is 20.2 Å². The van der Waals surface area contributed by atoms with Gasteiger partial charge in [-0.25, -0.2) is 4.98 Å². The molecule has 0 aliphatic carbocycles. The normalized spacial score (nSPS) is 10.7. The largest absolute Gasteiger partial charge is 0.353 e. The minimum Gasteiger partial charge on any atom is -0.353 e. The van der Waals surface area contributed by atoms with E-state index >= 15 is 0 Å². The lowest BCUT2D eigenvalue weighted by molar-refractivity contribution is 0.691. The number of benzene rings is 1. The summed E-state index contributed by atoms with van der Waals surface area (Å²) in [6, 6.07) is 10.3. The number of guanidine groups is 1. The lowest BCUT2D eigenvalue weighted by Crippen LogP contribution is -2.37. The van der Waals surface area contributed by atoms with Crippen molar-refractivity contribution in [3.05, 3.63) is 66.8 Å². The van der Waals surface area contributed by atoms with E-state index in [1.165, 1.54) is 5.56 Å². The maximum absolute atomic E-state index is 4.40. The Hall–Kier alpha value is -1.83. The zero-order valence-electron chi connectivity index (χ0n) is 12.7. The molecule has 6 heteroatoms. The summed E-state index contributed by atoms with van der Waals surface area (Å²) in [5, 5.41) is 6.38. The average molecular weight is 411 g/mol. The number of imidazole rings is 1. The quantitative estimate of drug-likeness (QED) is 0.332. The zero-order chi connectivity index (χ0) is 14.9. The third-order valence-electron chi connectivity index (χ3n) is 3.05. The molecule has 22 heavy (non-hydrogen) atoms. The Morgan fingerprint density at radius 1 is 1.32 bits per heavy atom. The van der Waals surface area contributed by atoms with Crippen molar-refractivity contribution >= 4 is 29.9 Å². The Morgan fingerprint density at radius 3 is 2.77 bits per heavy atom. The number of hydrogen-bond acceptors (Lipinski definition) is 2. The predicted octanol–water partition coefficient (Wildman–Crippen LogP) is 2.40. The maximum Gasteiger partial charge on any atom is 0.191 e. The van der Waals surface area contributed by atoms with Crippen LogP contribution >= 0.6 is 24.0 Å². The molecule has 0 unspecified atom stereocenters. The van der Waals surface area contributed by atoms with E-state index in [2.05, 4.69) is 43.9 Å². The first kappa shape index (κ1) is 18.2. The van der Waals surface area contributed by atoms with Crippen molar-refractivity contribution in [3.8, 4) is 0 Å². The van der Waals surface area contributed by atoms with Crippen LogP contribution in [0.15, 0.2) is 60.4 Å². The van der Waals surface area contributed by atoms with Crippen LogP contribution in [0.25, 0.3) is 0 Å². The second kappa shape index (κ2) is 9.99. The second-order valence-electron chi connectivity index (χ2n) is 4.55. The molecule has 1 aromatic heterocycles. The Balaban J connectivity index is 0.00000242. The summed E-state index contributed by atoms with van der Waals surface area (Å²) in [6.45, 7) is 5.79. The molecular weight excluding hydrogens is 389 g/mol. The number of halogens is 1. The van der Waals surface area contributed by atoms with Crippen LogP contribution in [0.1, 0.15) is 11.4 Å². The average Bonchev–Trinajstić information content (AvgIpc) is 2.96. The molecule has 0 atom stereocenters. The monoisotopic (exact) mass is 411 g/mol. The van der Waals surface area contributed by atoms with Gasteiger partial charge in [0, 0.05) is 32.5 Å². The summed E-state index contributed by atoms with van der Waals surface area (Å²) in [4.78, 5) is 8.54. The maximum atomic E-state index is 4.40. The molecule has 1 heterocycles. The SMILES string of the molecule is C=CCNC(=NC)NCc1nccn1Cc1ccccc1.I. The minimum absolute atomic E-state index is 0. The van der Waals surface area contributed by atoms with Crippen LogP contribution in [0, 0.1) is 0 Å². The van der Waals surface area contributed by atoms with E-state index in [0.29, 0.717) is 13.1 Å². The predicted molar refractivity (Wildman–Crippen MR) is 102 cm³/mol. The lowest BCUT2D eigenvalue weighted by atomic mass is 10.2. The fourth-order valence-corrected chi connectivity index (χ4v) is 1.98. The van der Waals surface area contributed by atoms with Crippen LogP contribution in [-0.2, 0) is 13.1 Å². The number of aromatic nitrogens is 2. The number of rotatable bonds is 6. The molecule has 0 amide bonds. The third-order valence-corrected chi connectivity index (χ3v) is 3.05. The first-order valence-corrected chi connectivity index (χ1v) is 6.93. The number of aliphatic imine (C=N–C) groups is 1. The van der Waals surface area contributed by atoms with Crippen LogP contribution in [0.5, 0.6) is 0 Å². The molecule has 2 aromatic rings. The molecule has 0 bridgehead atoms. The molecule has 0 saturated carbocycles. The standard InChI is InChI=1S/C16H21N5.HI/c1-3-9-19-16(17-2)20-12-15-18-10-11-21(15)13-14-7-5-4-6-8-14;/h3-8,10-11H,1,9,12-13H2,2H3,(H2,17,19,20);1H. The molecule has 118 valence electrons. The summed E-state index contributed by atoms with van der Waals surface area (Å²) in [5.41, 5.74) is 1.26. The van der Waals surface area contributed by atoms with E-state index in [1.807, 2.05) is 30.6 Å². The lowest BCUT2D eigenvalue weighted by Gasteiger charge is -2.12. The molecule has 1 aromatic carbocycles. The molecule has 0 aliphatic heterocycles. The molecule has 0 spiro atoms. The van der Waals surface area contributed by atoms with Crippen molar-refractivity contribution < 1.29 is 0 Å². The minimum atomic E-state index is 0. The van der Waals surface area contributed by atoms with Gasteiger partial charge in [0.15, 0.2) is 5.96 Å². The molecular formula is C16H22IN5. The Kier molecular flexibility index (Phi) is 8.27. The van der Waals surface area contributed by atoms with Gasteiger partial charge in [0.2, 0.25) is 0 Å². The highest BCUT2D eigenvalue weighted by molar-refractivity contribution is 14.0. The van der Waals surface area contributed by atoms with Crippen LogP contribution in [0.2, 0.25) is 0 Å². The smallest absolute Gasteiger partial charge is 0.191 e. The van der Waals surface area contributed by atoms with Gasteiger partial charge in [-0.2, -0.15) is 0 Å². The van der Waals surface area contributed by atoms with E-state index in [0.717, 1.165) is 18.3 Å². The van der Waals surface area contributed by atoms with Crippen LogP contribution in [0.3, 0.4) is 0 Å². The first-order valence-electron chi connectivity index (χ1n) is 6.93. The number of nitrogens with one attached hydrogen (secondary N) is 2. The third kappa shape index (κ3) is 5.51. The molecule has 0 radical (unpaired) electrons. The highest BCUT2D eigenvalue weighted by Gasteiger charge is 2.04. The number of hydrogen-bond donors (Lipinski definition) is 2. The fraction of sp³-hybridized carbons (Fsp3) is 0.250. The van der Waals surface area contributed by atoms with E-state index in [-0.39, 0.29) is 24.0 Å². The summed E-state index contributed by atoms with van der Waals surface area (Å²) < 4.78 is 2.13. The molecule has 0 saturated heterocycles. The van der Waals surface area contributed by atoms with E-state index < -0.39 is 0 Å². The van der Waals surface area contributed by atoms with Gasteiger partial charge >= 0.3 is 0 Å². The van der Waals surface area contributed by atoms with Crippen molar-refractivity contribution in [2.75, 3.05) is 13.6 Å². The van der Waals surface area contributed by atoms with Crippen molar-refractivity contribution in [2.45, 2.75) is 13.1 Å². The first-order chi connectivity index (χ1) is 10.3. The van der Waals surface area contributed by atoms with Crippen LogP contribution < -0.4 is 10.6 Å². The van der Waals surface area contributed by atoms with Gasteiger partial charge in [-0.05, 0) is 5.56 Å². The van der Waals surface area contributed by atoms with Gasteiger partial charge in [-0.1, -0.05) is 36.4 Å². The van der Waals surface area contributed by atoms with Crippen molar-refractivity contribution in [2.24, 2.45) is 4.99 Å². The summed E-state index contributed by atoms with van der Waals surface area (Å²) in [6.07, 6.45) is 5.60. The molecule has 5 nitrogen and oxygen atoms in total. The molecule has 2 N–H and O–H groups in total. The van der Waals surface area contributed by atoms with Crippen LogP contribution in [0.4, 0.5) is 0 Å². The van der Waals surface area contributed by atoms with Gasteiger partial charge in [0.05, 0.1) is 6.54 Å². The zero-order valence-corrected chi connectivity index (χ0v) is 15.0. The molecule has 2 rings (SSSR count). The summed E-state index contributed by atoms with van der Waals surface area (Å²) >= 11 is 0. The van der Waals surface area contributed by atoms with E-state index in [1.54, 1.807) is 13.1 Å². The number of nitrogens with zero attached hydrogens (tertiary/aromatic N) is 3. The van der Waals surface area contributed by atoms with Gasteiger partial charge in [0.1, 0.15) is 5.82 Å². The highest BCUT2D eigenvalue weighted by Crippen LogP contribution is 2.05. The summed E-state index contributed by atoms with van der Waals surface area (Å²) in [7, 11) is 1.74. The molecule has 0 aliphatic rings. The second-order valence-corrected chi connectivity index (χ2v) is 4.55. The Morgan fingerprint density at radius 2 is 2.09 bits per heavy atom. The van der Waals surface area contributed by atoms with Crippen LogP contribution in [-0.4, -0.2) is 29.1 Å². The highest BCUT2D eigenvalue weighted by atomic mass is 127. The Bertz CT molecular complexity index is 592. The summed E-state index contributed by atoms with van der Waals surface area (Å²) in [5.74, 6) is 1.71. The van der Waals surface area contributed by atoms with Gasteiger partial charge in [-0.3, -0.25) is 4.99 Å². The Labute approximate surface area is 148 Å².